The number of nitrogens with zero attached hydrogens (tertiary/aromatic N) is 6. The maximum absolute atomic E-state index is 13.3. The Morgan fingerprint density at radius 1 is 1.12 bits per heavy atom. The Balaban J connectivity index is 0.00000117. The van der Waals surface area contributed by atoms with Crippen molar-refractivity contribution in [1.29, 1.82) is 0 Å². The molecule has 3 heterocycles. The van der Waals surface area contributed by atoms with Crippen molar-refractivity contribution in [2.75, 3.05) is 24.7 Å². The predicted molar refractivity (Wildman–Crippen MR) is 94.3 cm³/mol. The van der Waals surface area contributed by atoms with Gasteiger partial charge in [0, 0.05) is 12.7 Å². The van der Waals surface area contributed by atoms with E-state index in [4.69, 9.17) is 4.74 Å². The van der Waals surface area contributed by atoms with Crippen molar-refractivity contribution in [3.8, 4) is 11.4 Å². The fourth-order valence-corrected chi connectivity index (χ4v) is 2.57. The minimum atomic E-state index is -2.73. The third kappa shape index (κ3) is 4.46. The Kier molecular flexibility index (Phi) is 6.84. The van der Waals surface area contributed by atoms with Gasteiger partial charge in [-0.25, -0.2) is 23.7 Å². The molecule has 1 saturated heterocycles. The van der Waals surface area contributed by atoms with Crippen LogP contribution < -0.4 is 4.90 Å². The van der Waals surface area contributed by atoms with Crippen LogP contribution in [-0.4, -0.2) is 50.7 Å². The minimum absolute atomic E-state index is 0.0947. The molecular formula is C17H24F2N6O. The molecule has 2 aromatic rings. The molecule has 142 valence electrons. The molecule has 0 saturated carbocycles. The molecule has 1 atom stereocenters. The number of halogens is 2. The first-order valence-corrected chi connectivity index (χ1v) is 8.65. The van der Waals surface area contributed by atoms with Gasteiger partial charge >= 0.3 is 0 Å². The molecule has 1 unspecified atom stereocenters. The highest BCUT2D eigenvalue weighted by molar-refractivity contribution is 5.58. The van der Waals surface area contributed by atoms with E-state index in [0.29, 0.717) is 31.5 Å². The van der Waals surface area contributed by atoms with Crippen molar-refractivity contribution in [2.45, 2.75) is 47.1 Å². The zero-order chi connectivity index (χ0) is 19.3. The van der Waals surface area contributed by atoms with E-state index in [9.17, 15) is 8.78 Å². The Hall–Kier alpha value is -2.29. The van der Waals surface area contributed by atoms with Gasteiger partial charge in [-0.15, -0.1) is 0 Å². The summed E-state index contributed by atoms with van der Waals surface area (Å²) in [5.74, 6) is 1.34. The minimum Gasteiger partial charge on any atom is -0.377 e. The summed E-state index contributed by atoms with van der Waals surface area (Å²) in [6.07, 6.45) is -1.39. The summed E-state index contributed by atoms with van der Waals surface area (Å²) in [6, 6.07) is 0.0947. The first-order valence-electron chi connectivity index (χ1n) is 8.65. The summed E-state index contributed by atoms with van der Waals surface area (Å²) < 4.78 is 32.1. The molecule has 0 spiro atoms. The van der Waals surface area contributed by atoms with E-state index < -0.39 is 6.43 Å². The number of anilines is 1. The number of alkyl halides is 2. The van der Waals surface area contributed by atoms with Crippen molar-refractivity contribution < 1.29 is 13.5 Å². The number of morpholine rings is 1. The number of hydrogen-bond donors (Lipinski definition) is 0. The lowest BCUT2D eigenvalue weighted by atomic mass is 10.2. The van der Waals surface area contributed by atoms with Crippen LogP contribution in [0.3, 0.4) is 0 Å². The van der Waals surface area contributed by atoms with Crippen LogP contribution >= 0.6 is 0 Å². The number of ether oxygens (including phenoxy) is 1. The Morgan fingerprint density at radius 2 is 1.85 bits per heavy atom. The van der Waals surface area contributed by atoms with Crippen LogP contribution in [0.2, 0.25) is 0 Å². The third-order valence-corrected chi connectivity index (χ3v) is 3.75. The molecule has 0 amide bonds. The van der Waals surface area contributed by atoms with Crippen LogP contribution in [0, 0.1) is 13.8 Å². The average Bonchev–Trinajstić information content (AvgIpc) is 2.63. The van der Waals surface area contributed by atoms with Gasteiger partial charge in [0.15, 0.2) is 5.82 Å². The summed E-state index contributed by atoms with van der Waals surface area (Å²) in [4.78, 5) is 22.8. The Morgan fingerprint density at radius 3 is 2.50 bits per heavy atom. The molecule has 2 aromatic heterocycles. The van der Waals surface area contributed by atoms with Crippen LogP contribution in [0.25, 0.3) is 11.4 Å². The molecule has 0 N–H and O–H groups in total. The highest BCUT2D eigenvalue weighted by Crippen LogP contribution is 2.28. The molecule has 9 heteroatoms. The molecule has 3 rings (SSSR count). The smallest absolute Gasteiger partial charge is 0.281 e. The third-order valence-electron chi connectivity index (χ3n) is 3.75. The lowest BCUT2D eigenvalue weighted by molar-refractivity contribution is 0.0980. The molecular weight excluding hydrogens is 342 g/mol. The van der Waals surface area contributed by atoms with E-state index in [1.165, 1.54) is 6.20 Å². The number of aromatic nitrogens is 5. The van der Waals surface area contributed by atoms with Crippen molar-refractivity contribution in [1.82, 2.24) is 24.9 Å². The normalized spacial score (nSPS) is 17.1. The monoisotopic (exact) mass is 366 g/mol. The fraction of sp³-hybridized carbons (Fsp3) is 0.588. The van der Waals surface area contributed by atoms with Gasteiger partial charge in [0.05, 0.1) is 24.8 Å². The summed E-state index contributed by atoms with van der Waals surface area (Å²) in [5, 5.41) is 0. The van der Waals surface area contributed by atoms with E-state index in [1.807, 2.05) is 25.7 Å². The van der Waals surface area contributed by atoms with Gasteiger partial charge < -0.3 is 9.64 Å². The molecule has 7 nitrogen and oxygen atoms in total. The Labute approximate surface area is 151 Å². The van der Waals surface area contributed by atoms with Crippen LogP contribution in [0.1, 0.15) is 44.5 Å². The van der Waals surface area contributed by atoms with E-state index >= 15 is 0 Å². The van der Waals surface area contributed by atoms with Gasteiger partial charge in [-0.2, -0.15) is 9.97 Å². The standard InChI is InChI=1S/C15H18F2N6O.C2H6/c1-8-7-24-5-4-23(8)15-21-10(3)20-14(22-15)11-6-18-9(2)19-12(11)13(16)17;1-2/h6,8,13H,4-5,7H2,1-3H3;1-2H3. The van der Waals surface area contributed by atoms with Gasteiger partial charge in [0.2, 0.25) is 5.95 Å². The zero-order valence-electron chi connectivity index (χ0n) is 15.7. The maximum atomic E-state index is 13.3. The van der Waals surface area contributed by atoms with Crippen LogP contribution in [-0.2, 0) is 4.74 Å². The van der Waals surface area contributed by atoms with Gasteiger partial charge in [0.1, 0.15) is 17.3 Å². The van der Waals surface area contributed by atoms with Gasteiger partial charge in [0.25, 0.3) is 6.43 Å². The van der Waals surface area contributed by atoms with Crippen LogP contribution in [0.15, 0.2) is 6.20 Å². The number of aryl methyl sites for hydroxylation is 2. The molecule has 0 bridgehead atoms. The lowest BCUT2D eigenvalue weighted by Crippen LogP contribution is -2.44. The van der Waals surface area contributed by atoms with Gasteiger partial charge in [-0.1, -0.05) is 13.8 Å². The molecule has 1 aliphatic rings. The molecule has 0 aromatic carbocycles. The first kappa shape index (κ1) is 20.0. The Bertz CT molecular complexity index is 743. The molecule has 0 radical (unpaired) electrons. The van der Waals surface area contributed by atoms with Crippen LogP contribution in [0.4, 0.5) is 14.7 Å². The molecule has 0 aliphatic carbocycles. The van der Waals surface area contributed by atoms with Gasteiger partial charge in [-0.05, 0) is 20.8 Å². The quantitative estimate of drug-likeness (QED) is 0.826. The van der Waals surface area contributed by atoms with Gasteiger partial charge in [-0.3, -0.25) is 0 Å². The van der Waals surface area contributed by atoms with E-state index in [0.717, 1.165) is 0 Å². The average molecular weight is 366 g/mol. The second kappa shape index (κ2) is 8.88. The van der Waals surface area contributed by atoms with E-state index in [2.05, 4.69) is 24.9 Å². The summed E-state index contributed by atoms with van der Waals surface area (Å²) >= 11 is 0. The summed E-state index contributed by atoms with van der Waals surface area (Å²) in [5.41, 5.74) is -0.239. The van der Waals surface area contributed by atoms with Crippen molar-refractivity contribution >= 4 is 5.95 Å². The summed E-state index contributed by atoms with van der Waals surface area (Å²) in [7, 11) is 0. The largest absolute Gasteiger partial charge is 0.377 e. The number of rotatable bonds is 3. The zero-order valence-corrected chi connectivity index (χ0v) is 15.7. The highest BCUT2D eigenvalue weighted by Gasteiger charge is 2.24. The van der Waals surface area contributed by atoms with E-state index in [-0.39, 0.29) is 28.9 Å². The highest BCUT2D eigenvalue weighted by atomic mass is 19.3. The van der Waals surface area contributed by atoms with Crippen molar-refractivity contribution in [3.05, 3.63) is 23.5 Å². The molecule has 1 aliphatic heterocycles. The van der Waals surface area contributed by atoms with Crippen molar-refractivity contribution in [2.24, 2.45) is 0 Å². The topological polar surface area (TPSA) is 76.9 Å². The second-order valence-electron chi connectivity index (χ2n) is 5.64. The SMILES string of the molecule is CC.Cc1nc(-c2cnc(C)nc2C(F)F)nc(N2CCOCC2C)n1. The maximum Gasteiger partial charge on any atom is 0.281 e. The molecule has 26 heavy (non-hydrogen) atoms. The lowest BCUT2D eigenvalue weighted by Gasteiger charge is -2.33. The van der Waals surface area contributed by atoms with Crippen molar-refractivity contribution in [3.63, 3.8) is 0 Å². The second-order valence-corrected chi connectivity index (χ2v) is 5.64. The number of hydrogen-bond acceptors (Lipinski definition) is 7. The predicted octanol–water partition coefficient (Wildman–Crippen LogP) is 3.13. The molecule has 1 fully saturated rings. The first-order chi connectivity index (χ1) is 12.5. The fourth-order valence-electron chi connectivity index (χ4n) is 2.57. The van der Waals surface area contributed by atoms with Crippen LogP contribution in [0.5, 0.6) is 0 Å². The summed E-state index contributed by atoms with van der Waals surface area (Å²) in [6.45, 7) is 11.0. The van der Waals surface area contributed by atoms with E-state index in [1.54, 1.807) is 13.8 Å².